The molecule has 1 aliphatic heterocycles. The first kappa shape index (κ1) is 11.0. The van der Waals surface area contributed by atoms with Crippen LogP contribution < -0.4 is 0 Å². The number of aldehydes is 1. The molecule has 2 unspecified atom stereocenters. The molecule has 1 aromatic rings. The van der Waals surface area contributed by atoms with E-state index < -0.39 is 0 Å². The molecular formula is C15H19NO. The predicted octanol–water partition coefficient (Wildman–Crippen LogP) is 2.49. The van der Waals surface area contributed by atoms with Crippen molar-refractivity contribution in [3.8, 4) is 0 Å². The summed E-state index contributed by atoms with van der Waals surface area (Å²) in [6, 6.07) is 10.6. The molecule has 2 nitrogen and oxygen atoms in total. The number of rotatable bonds is 3. The normalized spacial score (nSPS) is 32.6. The van der Waals surface area contributed by atoms with Gasteiger partial charge >= 0.3 is 0 Å². The number of carbonyl (C=O) groups is 1. The van der Waals surface area contributed by atoms with E-state index in [2.05, 4.69) is 35.2 Å². The molecule has 2 heteroatoms. The largest absolute Gasteiger partial charge is 0.303 e. The summed E-state index contributed by atoms with van der Waals surface area (Å²) in [5, 5.41) is 0. The Morgan fingerprint density at radius 1 is 1.35 bits per heavy atom. The molecule has 1 saturated heterocycles. The lowest BCUT2D eigenvalue weighted by Gasteiger charge is -2.37. The van der Waals surface area contributed by atoms with Crippen LogP contribution in [0.3, 0.4) is 0 Å². The Bertz CT molecular complexity index is 403. The topological polar surface area (TPSA) is 20.3 Å². The minimum absolute atomic E-state index is 0.0162. The van der Waals surface area contributed by atoms with Crippen molar-refractivity contribution >= 4 is 6.29 Å². The van der Waals surface area contributed by atoms with Crippen LogP contribution in [0.4, 0.5) is 0 Å². The number of piperidine rings is 1. The number of benzene rings is 1. The molecule has 2 atom stereocenters. The summed E-state index contributed by atoms with van der Waals surface area (Å²) < 4.78 is 0. The highest BCUT2D eigenvalue weighted by Crippen LogP contribution is 2.45. The zero-order chi connectivity index (χ0) is 11.7. The van der Waals surface area contributed by atoms with Crippen LogP contribution in [0.5, 0.6) is 0 Å². The fourth-order valence-corrected chi connectivity index (χ4v) is 3.55. The molecular weight excluding hydrogens is 210 g/mol. The third-order valence-electron chi connectivity index (χ3n) is 4.30. The third-order valence-corrected chi connectivity index (χ3v) is 4.30. The van der Waals surface area contributed by atoms with Gasteiger partial charge in [0.25, 0.3) is 0 Å². The van der Waals surface area contributed by atoms with Crippen LogP contribution in [0, 0.1) is 11.3 Å². The van der Waals surface area contributed by atoms with Gasteiger partial charge in [0, 0.05) is 25.0 Å². The SMILES string of the molecule is O=CC12CCC(CN(Cc3ccccc3)C1)C2. The van der Waals surface area contributed by atoms with Gasteiger partial charge in [-0.3, -0.25) is 4.90 Å². The molecule has 0 radical (unpaired) electrons. The third kappa shape index (κ3) is 2.14. The molecule has 0 amide bonds. The Hall–Kier alpha value is -1.15. The second-order valence-electron chi connectivity index (χ2n) is 5.74. The van der Waals surface area contributed by atoms with Gasteiger partial charge in [0.1, 0.15) is 6.29 Å². The lowest BCUT2D eigenvalue weighted by Crippen LogP contribution is -2.43. The van der Waals surface area contributed by atoms with Crippen LogP contribution in [0.15, 0.2) is 30.3 Å². The monoisotopic (exact) mass is 229 g/mol. The fraction of sp³-hybridized carbons (Fsp3) is 0.533. The van der Waals surface area contributed by atoms with E-state index in [1.807, 2.05) is 0 Å². The van der Waals surface area contributed by atoms with E-state index in [0.29, 0.717) is 0 Å². The van der Waals surface area contributed by atoms with Crippen LogP contribution in [0.2, 0.25) is 0 Å². The minimum Gasteiger partial charge on any atom is -0.303 e. The van der Waals surface area contributed by atoms with Crippen molar-refractivity contribution in [3.05, 3.63) is 35.9 Å². The molecule has 1 aromatic carbocycles. The van der Waals surface area contributed by atoms with Gasteiger partial charge in [-0.1, -0.05) is 30.3 Å². The van der Waals surface area contributed by atoms with Crippen molar-refractivity contribution in [3.63, 3.8) is 0 Å². The highest BCUT2D eigenvalue weighted by Gasteiger charge is 2.44. The average molecular weight is 229 g/mol. The molecule has 2 bridgehead atoms. The van der Waals surface area contributed by atoms with E-state index in [0.717, 1.165) is 31.8 Å². The summed E-state index contributed by atoms with van der Waals surface area (Å²) in [5.74, 6) is 0.748. The first-order chi connectivity index (χ1) is 8.30. The van der Waals surface area contributed by atoms with E-state index in [9.17, 15) is 4.79 Å². The van der Waals surface area contributed by atoms with Gasteiger partial charge in [-0.25, -0.2) is 0 Å². The van der Waals surface area contributed by atoms with Gasteiger partial charge in [0.05, 0.1) is 0 Å². The highest BCUT2D eigenvalue weighted by molar-refractivity contribution is 5.61. The van der Waals surface area contributed by atoms with E-state index in [1.54, 1.807) is 0 Å². The molecule has 0 spiro atoms. The van der Waals surface area contributed by atoms with Crippen LogP contribution in [-0.4, -0.2) is 24.3 Å². The molecule has 90 valence electrons. The zero-order valence-electron chi connectivity index (χ0n) is 10.1. The van der Waals surface area contributed by atoms with Crippen molar-refractivity contribution in [2.24, 2.45) is 11.3 Å². The number of likely N-dealkylation sites (tertiary alicyclic amines) is 1. The second-order valence-corrected chi connectivity index (χ2v) is 5.74. The van der Waals surface area contributed by atoms with E-state index in [-0.39, 0.29) is 5.41 Å². The average Bonchev–Trinajstić information content (AvgIpc) is 2.67. The van der Waals surface area contributed by atoms with E-state index in [4.69, 9.17) is 0 Å². The molecule has 2 aliphatic rings. The van der Waals surface area contributed by atoms with Crippen LogP contribution in [-0.2, 0) is 11.3 Å². The summed E-state index contributed by atoms with van der Waals surface area (Å²) in [6.07, 6.45) is 4.70. The number of fused-ring (bicyclic) bond motifs is 2. The van der Waals surface area contributed by atoms with Gasteiger partial charge in [-0.15, -0.1) is 0 Å². The summed E-state index contributed by atoms with van der Waals surface area (Å²) in [4.78, 5) is 13.8. The molecule has 2 fully saturated rings. The Balaban J connectivity index is 1.71. The van der Waals surface area contributed by atoms with Gasteiger partial charge in [0.15, 0.2) is 0 Å². The summed E-state index contributed by atoms with van der Waals surface area (Å²) >= 11 is 0. The molecule has 0 aromatic heterocycles. The Morgan fingerprint density at radius 3 is 2.94 bits per heavy atom. The number of hydrogen-bond donors (Lipinski definition) is 0. The smallest absolute Gasteiger partial charge is 0.127 e. The summed E-state index contributed by atoms with van der Waals surface area (Å²) in [5.41, 5.74) is 1.34. The Labute approximate surface area is 103 Å². The zero-order valence-corrected chi connectivity index (χ0v) is 10.1. The van der Waals surface area contributed by atoms with Gasteiger partial charge < -0.3 is 4.79 Å². The molecule has 1 saturated carbocycles. The Morgan fingerprint density at radius 2 is 2.18 bits per heavy atom. The molecule has 0 N–H and O–H groups in total. The van der Waals surface area contributed by atoms with Gasteiger partial charge in [-0.2, -0.15) is 0 Å². The lowest BCUT2D eigenvalue weighted by molar-refractivity contribution is -0.118. The first-order valence-corrected chi connectivity index (χ1v) is 6.52. The summed E-state index contributed by atoms with van der Waals surface area (Å²) in [6.45, 7) is 3.12. The van der Waals surface area contributed by atoms with Crippen molar-refractivity contribution in [1.29, 1.82) is 0 Å². The van der Waals surface area contributed by atoms with E-state index >= 15 is 0 Å². The van der Waals surface area contributed by atoms with Crippen LogP contribution in [0.1, 0.15) is 24.8 Å². The molecule has 1 aliphatic carbocycles. The predicted molar refractivity (Wildman–Crippen MR) is 67.6 cm³/mol. The van der Waals surface area contributed by atoms with Crippen molar-refractivity contribution in [2.75, 3.05) is 13.1 Å². The highest BCUT2D eigenvalue weighted by atomic mass is 16.1. The first-order valence-electron chi connectivity index (χ1n) is 6.52. The maximum absolute atomic E-state index is 11.3. The number of nitrogens with zero attached hydrogens (tertiary/aromatic N) is 1. The lowest BCUT2D eigenvalue weighted by atomic mass is 9.83. The minimum atomic E-state index is -0.0162. The standard InChI is InChI=1S/C15H19NO/c17-12-15-7-6-14(8-15)10-16(11-15)9-13-4-2-1-3-5-13/h1-5,12,14H,6-11H2. The maximum atomic E-state index is 11.3. The number of carbonyl (C=O) groups excluding carboxylic acids is 1. The summed E-state index contributed by atoms with van der Waals surface area (Å²) in [7, 11) is 0. The van der Waals surface area contributed by atoms with E-state index in [1.165, 1.54) is 24.8 Å². The molecule has 1 heterocycles. The van der Waals surface area contributed by atoms with Crippen molar-refractivity contribution < 1.29 is 4.79 Å². The molecule has 3 rings (SSSR count). The van der Waals surface area contributed by atoms with Crippen LogP contribution >= 0.6 is 0 Å². The molecule has 17 heavy (non-hydrogen) atoms. The Kier molecular flexibility index (Phi) is 2.75. The van der Waals surface area contributed by atoms with Crippen molar-refractivity contribution in [2.45, 2.75) is 25.8 Å². The second kappa shape index (κ2) is 4.26. The quantitative estimate of drug-likeness (QED) is 0.742. The van der Waals surface area contributed by atoms with Crippen LogP contribution in [0.25, 0.3) is 0 Å². The fourth-order valence-electron chi connectivity index (χ4n) is 3.55. The van der Waals surface area contributed by atoms with Gasteiger partial charge in [-0.05, 0) is 30.7 Å². The van der Waals surface area contributed by atoms with Crippen molar-refractivity contribution in [1.82, 2.24) is 4.90 Å². The maximum Gasteiger partial charge on any atom is 0.127 e. The number of hydrogen-bond acceptors (Lipinski definition) is 2. The van der Waals surface area contributed by atoms with Gasteiger partial charge in [0.2, 0.25) is 0 Å².